The van der Waals surface area contributed by atoms with E-state index in [0.717, 1.165) is 22.6 Å². The maximum atomic E-state index is 11.0. The second-order valence-electron chi connectivity index (χ2n) is 4.76. The Balaban J connectivity index is 1.94. The quantitative estimate of drug-likeness (QED) is 0.830. The Kier molecular flexibility index (Phi) is 2.63. The Hall–Kier alpha value is -1.75. The van der Waals surface area contributed by atoms with E-state index in [2.05, 4.69) is 5.32 Å². The van der Waals surface area contributed by atoms with E-state index in [0.29, 0.717) is 13.0 Å². The summed E-state index contributed by atoms with van der Waals surface area (Å²) in [4.78, 5) is 11.0. The minimum Gasteiger partial charge on any atom is -0.481 e. The number of rotatable bonds is 2. The number of aliphatic carboxylic acids is 1. The molecule has 5 heteroatoms. The maximum Gasteiger partial charge on any atom is 0.307 e. The third-order valence-electron chi connectivity index (χ3n) is 3.62. The van der Waals surface area contributed by atoms with Crippen molar-refractivity contribution in [1.82, 2.24) is 5.32 Å². The van der Waals surface area contributed by atoms with Crippen LogP contribution in [-0.4, -0.2) is 24.4 Å². The monoisotopic (exact) mass is 249 g/mol. The predicted octanol–water partition coefficient (Wildman–Crippen LogP) is 1.46. The summed E-state index contributed by atoms with van der Waals surface area (Å²) >= 11 is 0. The van der Waals surface area contributed by atoms with Crippen LogP contribution in [0, 0.1) is 12.8 Å². The van der Waals surface area contributed by atoms with Gasteiger partial charge in [0.2, 0.25) is 6.79 Å². The minimum atomic E-state index is -0.743. The number of hydrogen-bond acceptors (Lipinski definition) is 4. The van der Waals surface area contributed by atoms with Crippen molar-refractivity contribution in [1.29, 1.82) is 0 Å². The van der Waals surface area contributed by atoms with E-state index in [1.54, 1.807) is 0 Å². The fraction of sp³-hybridized carbons (Fsp3) is 0.462. The van der Waals surface area contributed by atoms with Gasteiger partial charge in [-0.05, 0) is 25.0 Å². The highest BCUT2D eigenvalue weighted by Crippen LogP contribution is 2.43. The normalized spacial score (nSPS) is 25.4. The minimum absolute atomic E-state index is 0.0303. The molecule has 2 atom stereocenters. The molecule has 0 spiro atoms. The fourth-order valence-corrected chi connectivity index (χ4v) is 2.67. The van der Waals surface area contributed by atoms with Crippen LogP contribution in [0.5, 0.6) is 11.5 Å². The summed E-state index contributed by atoms with van der Waals surface area (Å²) in [5, 5.41) is 12.3. The first-order chi connectivity index (χ1) is 8.66. The largest absolute Gasteiger partial charge is 0.481 e. The zero-order chi connectivity index (χ0) is 12.7. The van der Waals surface area contributed by atoms with Crippen molar-refractivity contribution >= 4 is 5.97 Å². The molecule has 0 amide bonds. The van der Waals surface area contributed by atoms with Gasteiger partial charge >= 0.3 is 5.97 Å². The van der Waals surface area contributed by atoms with Crippen molar-refractivity contribution in [3.63, 3.8) is 0 Å². The van der Waals surface area contributed by atoms with Gasteiger partial charge in [-0.25, -0.2) is 0 Å². The number of nitrogens with one attached hydrogen (secondary N) is 1. The van der Waals surface area contributed by atoms with E-state index in [-0.39, 0.29) is 18.8 Å². The third kappa shape index (κ3) is 1.71. The summed E-state index contributed by atoms with van der Waals surface area (Å²) < 4.78 is 10.9. The average Bonchev–Trinajstić information content (AvgIpc) is 2.95. The molecule has 3 rings (SSSR count). The number of ether oxygens (including phenoxy) is 2. The molecule has 2 unspecified atom stereocenters. The highest BCUT2D eigenvalue weighted by atomic mass is 16.7. The Bertz CT molecular complexity index is 500. The number of carboxylic acid groups (broad SMARTS) is 1. The summed E-state index contributed by atoms with van der Waals surface area (Å²) in [7, 11) is 0. The van der Waals surface area contributed by atoms with Crippen LogP contribution >= 0.6 is 0 Å². The molecule has 0 aromatic heterocycles. The molecular weight excluding hydrogens is 234 g/mol. The second-order valence-corrected chi connectivity index (χ2v) is 4.76. The van der Waals surface area contributed by atoms with Crippen LogP contribution in [0.15, 0.2) is 12.1 Å². The Labute approximate surface area is 105 Å². The van der Waals surface area contributed by atoms with Gasteiger partial charge in [0, 0.05) is 18.2 Å². The molecule has 2 heterocycles. The molecule has 1 fully saturated rings. The lowest BCUT2D eigenvalue weighted by Crippen LogP contribution is -2.17. The van der Waals surface area contributed by atoms with Crippen LogP contribution < -0.4 is 14.8 Å². The van der Waals surface area contributed by atoms with Crippen molar-refractivity contribution in [3.8, 4) is 11.5 Å². The van der Waals surface area contributed by atoms with E-state index in [1.807, 2.05) is 19.1 Å². The molecule has 2 aliphatic heterocycles. The summed E-state index contributed by atoms with van der Waals surface area (Å²) in [5.74, 6) is 0.440. The van der Waals surface area contributed by atoms with Gasteiger partial charge in [0.15, 0.2) is 11.5 Å². The number of benzene rings is 1. The highest BCUT2D eigenvalue weighted by Gasteiger charge is 2.34. The number of fused-ring (bicyclic) bond motifs is 1. The van der Waals surface area contributed by atoms with Crippen LogP contribution in [-0.2, 0) is 4.79 Å². The lowest BCUT2D eigenvalue weighted by Gasteiger charge is -2.16. The van der Waals surface area contributed by atoms with Crippen LogP contribution in [0.25, 0.3) is 0 Å². The molecule has 0 aliphatic carbocycles. The van der Waals surface area contributed by atoms with Crippen LogP contribution in [0.4, 0.5) is 0 Å². The molecule has 0 radical (unpaired) electrons. The first kappa shape index (κ1) is 11.3. The van der Waals surface area contributed by atoms with Gasteiger partial charge in [-0.1, -0.05) is 6.07 Å². The Morgan fingerprint density at radius 3 is 3.00 bits per heavy atom. The van der Waals surface area contributed by atoms with Gasteiger partial charge in [0.25, 0.3) is 0 Å². The number of aryl methyl sites for hydroxylation is 1. The lowest BCUT2D eigenvalue weighted by molar-refractivity contribution is -0.141. The van der Waals surface area contributed by atoms with Crippen molar-refractivity contribution in [2.45, 2.75) is 19.4 Å². The highest BCUT2D eigenvalue weighted by molar-refractivity contribution is 5.71. The molecule has 2 N–H and O–H groups in total. The van der Waals surface area contributed by atoms with E-state index < -0.39 is 5.97 Å². The number of carboxylic acids is 1. The molecule has 96 valence electrons. The van der Waals surface area contributed by atoms with Crippen LogP contribution in [0.2, 0.25) is 0 Å². The van der Waals surface area contributed by atoms with Gasteiger partial charge in [-0.15, -0.1) is 0 Å². The molecule has 0 saturated carbocycles. The lowest BCUT2D eigenvalue weighted by atomic mass is 9.95. The average molecular weight is 249 g/mol. The summed E-state index contributed by atoms with van der Waals surface area (Å²) in [5.41, 5.74) is 2.14. The summed E-state index contributed by atoms with van der Waals surface area (Å²) in [6.07, 6.45) is 0.593. The smallest absolute Gasteiger partial charge is 0.307 e. The van der Waals surface area contributed by atoms with E-state index in [4.69, 9.17) is 14.6 Å². The molecule has 1 saturated heterocycles. The number of hydrogen-bond donors (Lipinski definition) is 2. The van der Waals surface area contributed by atoms with Crippen molar-refractivity contribution < 1.29 is 19.4 Å². The first-order valence-corrected chi connectivity index (χ1v) is 6.02. The van der Waals surface area contributed by atoms with Crippen molar-refractivity contribution in [2.75, 3.05) is 13.3 Å². The zero-order valence-electron chi connectivity index (χ0n) is 10.1. The van der Waals surface area contributed by atoms with Gasteiger partial charge < -0.3 is 19.9 Å². The van der Waals surface area contributed by atoms with Crippen LogP contribution in [0.1, 0.15) is 23.6 Å². The van der Waals surface area contributed by atoms with E-state index >= 15 is 0 Å². The van der Waals surface area contributed by atoms with Crippen LogP contribution in [0.3, 0.4) is 0 Å². The first-order valence-electron chi connectivity index (χ1n) is 6.02. The molecule has 5 nitrogen and oxygen atoms in total. The standard InChI is InChI=1S/C13H15NO4/c1-7-2-3-10-12(18-6-17-10)11(7)9-4-8(5-14-9)13(15)16/h2-3,8-9,14H,4-6H2,1H3,(H,15,16). The molecule has 0 bridgehead atoms. The predicted molar refractivity (Wildman–Crippen MR) is 63.8 cm³/mol. The van der Waals surface area contributed by atoms with Gasteiger partial charge in [0.1, 0.15) is 0 Å². The summed E-state index contributed by atoms with van der Waals surface area (Å²) in [6, 6.07) is 3.91. The van der Waals surface area contributed by atoms with E-state index in [1.165, 1.54) is 0 Å². The molecule has 1 aromatic carbocycles. The van der Waals surface area contributed by atoms with Gasteiger partial charge in [-0.2, -0.15) is 0 Å². The molecular formula is C13H15NO4. The zero-order valence-corrected chi connectivity index (χ0v) is 10.1. The maximum absolute atomic E-state index is 11.0. The molecule has 2 aliphatic rings. The Morgan fingerprint density at radius 1 is 1.44 bits per heavy atom. The van der Waals surface area contributed by atoms with Crippen molar-refractivity contribution in [2.24, 2.45) is 5.92 Å². The molecule has 1 aromatic rings. The fourth-order valence-electron chi connectivity index (χ4n) is 2.67. The van der Waals surface area contributed by atoms with Crippen molar-refractivity contribution in [3.05, 3.63) is 23.3 Å². The second kappa shape index (κ2) is 4.17. The third-order valence-corrected chi connectivity index (χ3v) is 3.62. The van der Waals surface area contributed by atoms with Gasteiger partial charge in [-0.3, -0.25) is 4.79 Å². The summed E-state index contributed by atoms with van der Waals surface area (Å²) in [6.45, 7) is 2.75. The molecule has 18 heavy (non-hydrogen) atoms. The Morgan fingerprint density at radius 2 is 2.28 bits per heavy atom. The van der Waals surface area contributed by atoms with E-state index in [9.17, 15) is 4.79 Å². The topological polar surface area (TPSA) is 67.8 Å². The van der Waals surface area contributed by atoms with Gasteiger partial charge in [0.05, 0.1) is 5.92 Å². The SMILES string of the molecule is Cc1ccc2c(c1C1CC(C(=O)O)CN1)OCO2. The number of carbonyl (C=O) groups is 1.